The Bertz CT molecular complexity index is 1840. The van der Waals surface area contributed by atoms with Gasteiger partial charge in [0.25, 0.3) is 0 Å². The predicted octanol–water partition coefficient (Wildman–Crippen LogP) is 6.19. The molecule has 4 fully saturated rings. The molecule has 2 bridgehead atoms. The van der Waals surface area contributed by atoms with Crippen LogP contribution >= 0.6 is 0 Å². The fraction of sp³-hybridized carbons (Fsp3) is 0.528. The normalized spacial score (nSPS) is 27.3. The third kappa shape index (κ3) is 5.08. The number of ether oxygens (including phenoxy) is 1. The van der Waals surface area contributed by atoms with Crippen LogP contribution in [0.4, 0.5) is 19.0 Å². The van der Waals surface area contributed by atoms with Crippen molar-refractivity contribution in [3.63, 3.8) is 0 Å². The molecule has 5 atom stereocenters. The molecule has 11 heteroatoms. The molecule has 1 unspecified atom stereocenters. The number of hydrogen-bond acceptors (Lipinski definition) is 8. The maximum atomic E-state index is 16.9. The summed E-state index contributed by atoms with van der Waals surface area (Å²) in [6, 6.07) is 5.91. The lowest BCUT2D eigenvalue weighted by Crippen LogP contribution is -2.44. The van der Waals surface area contributed by atoms with Gasteiger partial charge in [-0.05, 0) is 97.4 Å². The molecule has 3 saturated heterocycles. The summed E-state index contributed by atoms with van der Waals surface area (Å²) in [5.74, 6) is 0.557. The first-order valence-electron chi connectivity index (χ1n) is 17.0. The van der Waals surface area contributed by atoms with Crippen LogP contribution < -0.4 is 9.64 Å². The van der Waals surface area contributed by atoms with Crippen molar-refractivity contribution >= 4 is 27.5 Å². The number of phenolic OH excluding ortho intramolecular Hbond substituents is 1. The lowest BCUT2D eigenvalue weighted by atomic mass is 9.83. The van der Waals surface area contributed by atoms with Gasteiger partial charge in [0.15, 0.2) is 5.82 Å². The van der Waals surface area contributed by atoms with E-state index in [9.17, 15) is 19.0 Å². The topological polar surface area (TPSA) is 94.8 Å². The lowest BCUT2D eigenvalue weighted by molar-refractivity contribution is 0.107. The van der Waals surface area contributed by atoms with E-state index in [-0.39, 0.29) is 41.7 Å². The Morgan fingerprint density at radius 3 is 2.66 bits per heavy atom. The van der Waals surface area contributed by atoms with E-state index in [1.165, 1.54) is 18.2 Å². The summed E-state index contributed by atoms with van der Waals surface area (Å²) in [4.78, 5) is 18.4. The third-order valence-electron chi connectivity index (χ3n) is 11.4. The maximum absolute atomic E-state index is 16.9. The Kier molecular flexibility index (Phi) is 7.67. The average Bonchev–Trinajstić information content (AvgIpc) is 3.65. The number of aliphatic hydroxyl groups excluding tert-OH is 1. The Hall–Kier alpha value is -3.70. The van der Waals surface area contributed by atoms with E-state index < -0.39 is 23.3 Å². The molecule has 4 aromatic rings. The molecule has 2 aromatic carbocycles. The number of rotatable bonds is 8. The van der Waals surface area contributed by atoms with Crippen molar-refractivity contribution in [1.82, 2.24) is 19.9 Å². The van der Waals surface area contributed by atoms with Crippen molar-refractivity contribution < 1.29 is 28.1 Å². The molecule has 2 aromatic heterocycles. The molecule has 0 radical (unpaired) electrons. The fourth-order valence-electron chi connectivity index (χ4n) is 9.32. The molecule has 248 valence electrons. The second-order valence-electron chi connectivity index (χ2n) is 14.0. The van der Waals surface area contributed by atoms with Crippen molar-refractivity contribution in [3.8, 4) is 23.0 Å². The van der Waals surface area contributed by atoms with E-state index in [0.29, 0.717) is 77.8 Å². The van der Waals surface area contributed by atoms with Crippen molar-refractivity contribution in [2.75, 3.05) is 44.3 Å². The number of phenols is 1. The monoisotopic (exact) mass is 647 g/mol. The number of fused-ring (bicyclic) bond motifs is 5. The van der Waals surface area contributed by atoms with Crippen molar-refractivity contribution in [3.05, 3.63) is 47.7 Å². The van der Waals surface area contributed by atoms with Gasteiger partial charge in [-0.25, -0.2) is 13.2 Å². The van der Waals surface area contributed by atoms with Crippen LogP contribution in [0.5, 0.6) is 11.8 Å². The molecular formula is C36H40F3N5O3. The first-order chi connectivity index (χ1) is 22.8. The number of pyridine rings is 1. The first-order valence-corrected chi connectivity index (χ1v) is 17.0. The van der Waals surface area contributed by atoms with Gasteiger partial charge in [-0.1, -0.05) is 13.0 Å². The predicted molar refractivity (Wildman–Crippen MR) is 173 cm³/mol. The Balaban J connectivity index is 1.25. The van der Waals surface area contributed by atoms with E-state index in [1.54, 1.807) is 12.3 Å². The number of aliphatic hydroxyl groups is 1. The average molecular weight is 648 g/mol. The van der Waals surface area contributed by atoms with Gasteiger partial charge in [0, 0.05) is 44.4 Å². The molecule has 0 spiro atoms. The number of halogens is 3. The van der Waals surface area contributed by atoms with Gasteiger partial charge in [0.1, 0.15) is 41.4 Å². The molecule has 0 amide bonds. The molecule has 1 saturated carbocycles. The fourth-order valence-corrected chi connectivity index (χ4v) is 9.32. The quantitative estimate of drug-likeness (QED) is 0.234. The zero-order valence-electron chi connectivity index (χ0n) is 26.6. The zero-order chi connectivity index (χ0) is 32.4. The number of aromatic hydroxyl groups is 1. The molecule has 3 aliphatic heterocycles. The van der Waals surface area contributed by atoms with E-state index in [4.69, 9.17) is 9.72 Å². The van der Waals surface area contributed by atoms with Gasteiger partial charge in [0.2, 0.25) is 0 Å². The summed E-state index contributed by atoms with van der Waals surface area (Å²) in [6.07, 6.45) is 6.10. The van der Waals surface area contributed by atoms with Crippen LogP contribution in [0.25, 0.3) is 32.9 Å². The number of piperidine rings is 1. The highest BCUT2D eigenvalue weighted by molar-refractivity contribution is 6.01. The molecule has 2 N–H and O–H groups in total. The van der Waals surface area contributed by atoms with Crippen LogP contribution in [0.3, 0.4) is 0 Å². The van der Waals surface area contributed by atoms with Crippen LogP contribution in [-0.4, -0.2) is 81.2 Å². The number of hydrogen-bond donors (Lipinski definition) is 2. The van der Waals surface area contributed by atoms with E-state index in [1.807, 2.05) is 6.92 Å². The third-order valence-corrected chi connectivity index (χ3v) is 11.4. The molecule has 47 heavy (non-hydrogen) atoms. The summed E-state index contributed by atoms with van der Waals surface area (Å²) < 4.78 is 52.7. The summed E-state index contributed by atoms with van der Waals surface area (Å²) in [7, 11) is 0. The summed E-state index contributed by atoms with van der Waals surface area (Å²) in [6.45, 7) is 4.84. The molecule has 4 aliphatic rings. The smallest absolute Gasteiger partial charge is 0.319 e. The molecule has 8 rings (SSSR count). The summed E-state index contributed by atoms with van der Waals surface area (Å²) >= 11 is 0. The highest BCUT2D eigenvalue weighted by Gasteiger charge is 2.49. The highest BCUT2D eigenvalue weighted by Crippen LogP contribution is 2.46. The van der Waals surface area contributed by atoms with Crippen molar-refractivity contribution in [2.24, 2.45) is 17.8 Å². The second-order valence-corrected chi connectivity index (χ2v) is 14.0. The van der Waals surface area contributed by atoms with Gasteiger partial charge < -0.3 is 19.8 Å². The Morgan fingerprint density at radius 2 is 1.89 bits per heavy atom. The molecule has 1 aliphatic carbocycles. The van der Waals surface area contributed by atoms with Gasteiger partial charge in [-0.15, -0.1) is 0 Å². The Labute approximate surface area is 271 Å². The standard InChI is InChI=1S/C36H40F3N5O3/c1-2-25-29(38)7-6-20-12-24(46)13-27(30(20)25)32-31(39)33-28(15-40-32)34(43-16-21-4-5-22(17-43)26(21)8-11-45)42-35(41-33)47-19-36-9-3-10-44(36)18-23(37)14-36/h6-7,12-13,15,21-23,26,45-46H,2-5,8-11,14,16-19H2,1H3/t21-,22+,23-,26?,36+/m1/s1. The van der Waals surface area contributed by atoms with Crippen molar-refractivity contribution in [2.45, 2.75) is 63.6 Å². The number of alkyl halides is 1. The number of benzene rings is 2. The molecule has 8 nitrogen and oxygen atoms in total. The van der Waals surface area contributed by atoms with Crippen molar-refractivity contribution in [1.29, 1.82) is 0 Å². The van der Waals surface area contributed by atoms with Crippen LogP contribution in [0.1, 0.15) is 51.0 Å². The van der Waals surface area contributed by atoms with Crippen LogP contribution in [0.2, 0.25) is 0 Å². The number of aromatic nitrogens is 3. The number of aryl methyl sites for hydroxylation is 1. The van der Waals surface area contributed by atoms with E-state index in [2.05, 4.69) is 19.8 Å². The Morgan fingerprint density at radius 1 is 1.09 bits per heavy atom. The minimum absolute atomic E-state index is 0.0259. The van der Waals surface area contributed by atoms with Crippen LogP contribution in [0, 0.1) is 29.4 Å². The lowest BCUT2D eigenvalue weighted by Gasteiger charge is -2.39. The summed E-state index contributed by atoms with van der Waals surface area (Å²) in [5.41, 5.74) is 0.245. The van der Waals surface area contributed by atoms with Gasteiger partial charge in [-0.2, -0.15) is 9.97 Å². The SMILES string of the molecule is CCc1c(F)ccc2cc(O)cc(-c3ncc4c(N5C[C@H]6CC[C@@H](C5)C6CCO)nc(OC[C@@]56CCCN5C[C@H](F)C6)nc4c3F)c12. The summed E-state index contributed by atoms with van der Waals surface area (Å²) in [5, 5.41) is 21.8. The first kappa shape index (κ1) is 30.6. The number of anilines is 1. The zero-order valence-corrected chi connectivity index (χ0v) is 26.6. The van der Waals surface area contributed by atoms with Crippen LogP contribution in [0.15, 0.2) is 30.5 Å². The second kappa shape index (κ2) is 11.8. The largest absolute Gasteiger partial charge is 0.508 e. The molecule has 5 heterocycles. The van der Waals surface area contributed by atoms with Gasteiger partial charge in [0.05, 0.1) is 10.9 Å². The van der Waals surface area contributed by atoms with Gasteiger partial charge in [-0.3, -0.25) is 9.88 Å². The number of nitrogens with zero attached hydrogens (tertiary/aromatic N) is 5. The maximum Gasteiger partial charge on any atom is 0.319 e. The minimum Gasteiger partial charge on any atom is -0.508 e. The molecular weight excluding hydrogens is 607 g/mol. The van der Waals surface area contributed by atoms with E-state index >= 15 is 4.39 Å². The van der Waals surface area contributed by atoms with Gasteiger partial charge >= 0.3 is 6.01 Å². The highest BCUT2D eigenvalue weighted by atomic mass is 19.1. The van der Waals surface area contributed by atoms with Crippen LogP contribution in [-0.2, 0) is 6.42 Å². The minimum atomic E-state index is -0.913. The van der Waals surface area contributed by atoms with E-state index in [0.717, 1.165) is 38.6 Å².